The van der Waals surface area contributed by atoms with Crippen molar-refractivity contribution < 1.29 is 4.79 Å². The third kappa shape index (κ3) is 6.14. The van der Waals surface area contributed by atoms with E-state index in [9.17, 15) is 4.79 Å². The molecule has 0 bridgehead atoms. The van der Waals surface area contributed by atoms with Gasteiger partial charge in [0.25, 0.3) is 5.91 Å². The van der Waals surface area contributed by atoms with E-state index in [0.717, 1.165) is 41.5 Å². The van der Waals surface area contributed by atoms with Crippen molar-refractivity contribution in [1.82, 2.24) is 15.3 Å². The summed E-state index contributed by atoms with van der Waals surface area (Å²) in [5.41, 5.74) is 3.75. The van der Waals surface area contributed by atoms with Gasteiger partial charge in [-0.2, -0.15) is 0 Å². The monoisotopic (exact) mass is 455 g/mol. The first kappa shape index (κ1) is 21.5. The average Bonchev–Trinajstić information content (AvgIpc) is 2.66. The molecule has 1 aliphatic heterocycles. The van der Waals surface area contributed by atoms with Crippen LogP contribution in [0.5, 0.6) is 0 Å². The molecule has 1 fully saturated rings. The quantitative estimate of drug-likeness (QED) is 0.636. The summed E-state index contributed by atoms with van der Waals surface area (Å²) in [5, 5.41) is 3.71. The highest BCUT2D eigenvalue weighted by Gasteiger charge is 2.14. The molecule has 8 heteroatoms. The summed E-state index contributed by atoms with van der Waals surface area (Å²) >= 11 is 20.0. The van der Waals surface area contributed by atoms with Crippen LogP contribution < -0.4 is 5.43 Å². The van der Waals surface area contributed by atoms with Crippen LogP contribution in [-0.2, 0) is 4.79 Å². The number of hydrogen-bond donors (Lipinski definition) is 1. The predicted molar refractivity (Wildman–Crippen MR) is 118 cm³/mol. The Kier molecular flexibility index (Phi) is 7.69. The SMILES string of the molecule is CN1CCN(NC(=O)/C=C/c2ccc(Sc3ccc(Cl)cc3Cl)c(Cl)c2)CC1. The van der Waals surface area contributed by atoms with Crippen LogP contribution in [0.1, 0.15) is 5.56 Å². The summed E-state index contributed by atoms with van der Waals surface area (Å²) in [6.07, 6.45) is 3.27. The fourth-order valence-electron chi connectivity index (χ4n) is 2.66. The van der Waals surface area contributed by atoms with E-state index in [2.05, 4.69) is 17.4 Å². The van der Waals surface area contributed by atoms with Crippen LogP contribution in [-0.4, -0.2) is 49.0 Å². The lowest BCUT2D eigenvalue weighted by Crippen LogP contribution is -2.52. The Bertz CT molecular complexity index is 883. The van der Waals surface area contributed by atoms with Gasteiger partial charge in [-0.15, -0.1) is 0 Å². The van der Waals surface area contributed by atoms with Gasteiger partial charge < -0.3 is 4.90 Å². The minimum absolute atomic E-state index is 0.146. The second-order valence-corrected chi connectivity index (χ2v) is 8.80. The van der Waals surface area contributed by atoms with Gasteiger partial charge in [0.15, 0.2) is 0 Å². The number of rotatable bonds is 5. The highest BCUT2D eigenvalue weighted by molar-refractivity contribution is 7.99. The summed E-state index contributed by atoms with van der Waals surface area (Å²) in [7, 11) is 2.08. The lowest BCUT2D eigenvalue weighted by atomic mass is 10.2. The smallest absolute Gasteiger partial charge is 0.258 e. The molecule has 4 nitrogen and oxygen atoms in total. The normalized spacial score (nSPS) is 15.9. The van der Waals surface area contributed by atoms with Crippen molar-refractivity contribution in [1.29, 1.82) is 0 Å². The first-order chi connectivity index (χ1) is 13.4. The summed E-state index contributed by atoms with van der Waals surface area (Å²) in [5.74, 6) is -0.146. The third-order valence-corrected chi connectivity index (χ3v) is 6.50. The fraction of sp³-hybridized carbons (Fsp3) is 0.250. The van der Waals surface area contributed by atoms with Gasteiger partial charge in [-0.05, 0) is 49.0 Å². The van der Waals surface area contributed by atoms with Gasteiger partial charge in [-0.25, -0.2) is 5.01 Å². The Labute approximate surface area is 184 Å². The highest BCUT2D eigenvalue weighted by Crippen LogP contribution is 2.38. The van der Waals surface area contributed by atoms with Gasteiger partial charge in [-0.1, -0.05) is 52.6 Å². The number of amides is 1. The van der Waals surface area contributed by atoms with Crippen LogP contribution in [0.3, 0.4) is 0 Å². The van der Waals surface area contributed by atoms with Crippen molar-refractivity contribution in [3.05, 3.63) is 63.1 Å². The van der Waals surface area contributed by atoms with Gasteiger partial charge in [0.2, 0.25) is 0 Å². The summed E-state index contributed by atoms with van der Waals surface area (Å²) in [6.45, 7) is 3.52. The molecular formula is C20H20Cl3N3OS. The first-order valence-electron chi connectivity index (χ1n) is 8.75. The zero-order valence-electron chi connectivity index (χ0n) is 15.3. The molecule has 28 heavy (non-hydrogen) atoms. The lowest BCUT2D eigenvalue weighted by Gasteiger charge is -2.31. The number of nitrogens with one attached hydrogen (secondary N) is 1. The molecule has 148 valence electrons. The number of carbonyl (C=O) groups excluding carboxylic acids is 1. The van der Waals surface area contributed by atoms with E-state index >= 15 is 0 Å². The number of hydrazine groups is 1. The van der Waals surface area contributed by atoms with E-state index in [-0.39, 0.29) is 5.91 Å². The largest absolute Gasteiger partial charge is 0.304 e. The minimum atomic E-state index is -0.146. The molecule has 2 aromatic rings. The lowest BCUT2D eigenvalue weighted by molar-refractivity contribution is -0.121. The number of nitrogens with zero attached hydrogens (tertiary/aromatic N) is 2. The molecule has 1 aliphatic rings. The van der Waals surface area contributed by atoms with E-state index in [4.69, 9.17) is 34.8 Å². The number of likely N-dealkylation sites (N-methyl/N-ethyl adjacent to an activating group) is 1. The van der Waals surface area contributed by atoms with E-state index < -0.39 is 0 Å². The maximum Gasteiger partial charge on any atom is 0.258 e. The molecule has 0 radical (unpaired) electrons. The van der Waals surface area contributed by atoms with Crippen LogP contribution in [0.25, 0.3) is 6.08 Å². The highest BCUT2D eigenvalue weighted by atomic mass is 35.5. The van der Waals surface area contributed by atoms with Gasteiger partial charge in [0.1, 0.15) is 0 Å². The second kappa shape index (κ2) is 10.0. The summed E-state index contributed by atoms with van der Waals surface area (Å²) in [6, 6.07) is 11.0. The topological polar surface area (TPSA) is 35.6 Å². The Morgan fingerprint density at radius 1 is 1.00 bits per heavy atom. The molecule has 1 heterocycles. The standard InChI is InChI=1S/C20H20Cl3N3OS/c1-25-8-10-26(11-9-25)24-20(27)7-3-14-2-5-18(16(22)12-14)28-19-6-4-15(21)13-17(19)23/h2-7,12-13H,8-11H2,1H3,(H,24,27)/b7-3+. The number of hydrogen-bond acceptors (Lipinski definition) is 4. The maximum absolute atomic E-state index is 12.1. The van der Waals surface area contributed by atoms with Gasteiger partial charge >= 0.3 is 0 Å². The van der Waals surface area contributed by atoms with Crippen molar-refractivity contribution >= 4 is 58.5 Å². The fourth-order valence-corrected chi connectivity index (χ4v) is 4.31. The van der Waals surface area contributed by atoms with Crippen LogP contribution in [0, 0.1) is 0 Å². The van der Waals surface area contributed by atoms with E-state index in [0.29, 0.717) is 15.1 Å². The number of halogens is 3. The molecule has 1 saturated heterocycles. The molecule has 0 aliphatic carbocycles. The Morgan fingerprint density at radius 2 is 1.64 bits per heavy atom. The zero-order valence-corrected chi connectivity index (χ0v) is 18.4. The second-order valence-electron chi connectivity index (χ2n) is 6.47. The molecule has 1 amide bonds. The zero-order chi connectivity index (χ0) is 20.1. The Hall–Kier alpha value is -1.21. The van der Waals surface area contributed by atoms with E-state index in [1.54, 1.807) is 18.2 Å². The van der Waals surface area contributed by atoms with Gasteiger partial charge in [0.05, 0.1) is 10.0 Å². The maximum atomic E-state index is 12.1. The van der Waals surface area contributed by atoms with Crippen LogP contribution in [0.15, 0.2) is 52.3 Å². The molecule has 2 aromatic carbocycles. The summed E-state index contributed by atoms with van der Waals surface area (Å²) < 4.78 is 0. The van der Waals surface area contributed by atoms with Crippen LogP contribution in [0.2, 0.25) is 15.1 Å². The summed E-state index contributed by atoms with van der Waals surface area (Å²) in [4.78, 5) is 16.1. The van der Waals surface area contributed by atoms with Crippen LogP contribution >= 0.6 is 46.6 Å². The van der Waals surface area contributed by atoms with Crippen molar-refractivity contribution in [2.75, 3.05) is 33.2 Å². The first-order valence-corrected chi connectivity index (χ1v) is 10.7. The van der Waals surface area contributed by atoms with Crippen molar-refractivity contribution in [3.63, 3.8) is 0 Å². The van der Waals surface area contributed by atoms with E-state index in [1.807, 2.05) is 29.3 Å². The molecule has 0 spiro atoms. The van der Waals surface area contributed by atoms with E-state index in [1.165, 1.54) is 17.8 Å². The van der Waals surface area contributed by atoms with Crippen molar-refractivity contribution in [2.45, 2.75) is 9.79 Å². The third-order valence-electron chi connectivity index (χ3n) is 4.27. The van der Waals surface area contributed by atoms with Crippen molar-refractivity contribution in [2.24, 2.45) is 0 Å². The Morgan fingerprint density at radius 3 is 2.29 bits per heavy atom. The predicted octanol–water partition coefficient (Wildman–Crippen LogP) is 5.09. The van der Waals surface area contributed by atoms with Gasteiger partial charge in [-0.3, -0.25) is 10.2 Å². The number of benzene rings is 2. The van der Waals surface area contributed by atoms with Crippen molar-refractivity contribution in [3.8, 4) is 0 Å². The number of piperazine rings is 1. The van der Waals surface area contributed by atoms with Crippen LogP contribution in [0.4, 0.5) is 0 Å². The minimum Gasteiger partial charge on any atom is -0.304 e. The average molecular weight is 457 g/mol. The Balaban J connectivity index is 1.60. The molecule has 0 unspecified atom stereocenters. The van der Waals surface area contributed by atoms with Gasteiger partial charge in [0, 0.05) is 47.1 Å². The molecule has 0 aromatic heterocycles. The molecule has 0 saturated carbocycles. The molecule has 3 rings (SSSR count). The molecule has 1 N–H and O–H groups in total. The number of carbonyl (C=O) groups is 1. The molecule has 0 atom stereocenters. The molecular weight excluding hydrogens is 437 g/mol.